The highest BCUT2D eigenvalue weighted by Gasteiger charge is 2.43. The smallest absolute Gasteiger partial charge is 0.258 e. The van der Waals surface area contributed by atoms with Crippen LogP contribution in [0.3, 0.4) is 0 Å². The second-order valence-corrected chi connectivity index (χ2v) is 14.0. The second kappa shape index (κ2) is 16.2. The molecule has 1 saturated heterocycles. The van der Waals surface area contributed by atoms with Gasteiger partial charge >= 0.3 is 0 Å². The van der Waals surface area contributed by atoms with Crippen molar-refractivity contribution in [2.24, 2.45) is 0 Å². The van der Waals surface area contributed by atoms with E-state index in [9.17, 15) is 24.3 Å². The summed E-state index contributed by atoms with van der Waals surface area (Å²) in [5.74, 6) is -1.14. The molecule has 244 valence electrons. The summed E-state index contributed by atoms with van der Waals surface area (Å²) in [6, 6.07) is 11.9. The lowest BCUT2D eigenvalue weighted by Gasteiger charge is -2.32. The minimum Gasteiger partial charge on any atom is -0.483 e. The van der Waals surface area contributed by atoms with E-state index in [-0.39, 0.29) is 24.7 Å². The van der Waals surface area contributed by atoms with Crippen molar-refractivity contribution >= 4 is 47.2 Å². The Morgan fingerprint density at radius 3 is 2.31 bits per heavy atom. The highest BCUT2D eigenvalue weighted by Crippen LogP contribution is 2.33. The van der Waals surface area contributed by atoms with Crippen molar-refractivity contribution in [3.63, 3.8) is 0 Å². The monoisotopic (exact) mass is 656 g/mol. The summed E-state index contributed by atoms with van der Waals surface area (Å²) in [6.45, 7) is 13.0. The van der Waals surface area contributed by atoms with Gasteiger partial charge in [0.15, 0.2) is 12.7 Å². The number of carbonyl (C=O) groups excluding carboxylic acids is 4. The molecule has 4 N–H and O–H groups in total. The Morgan fingerprint density at radius 2 is 1.71 bits per heavy atom. The Bertz CT molecular complexity index is 1360. The molecular formula is C33H44N4O6S2. The minimum absolute atomic E-state index is 0.133. The fourth-order valence-corrected chi connectivity index (χ4v) is 6.42. The SMILES string of the molecule is C=C1SCN(C(=O)[C@@H](O)[C@H](Cc2ccccc2)NC(=O)[C@H](CSC)NC(=O)COc2c(C)cccc2C)[C@@H]1C(=O)NC(C)(C)C. The Labute approximate surface area is 274 Å². The van der Waals surface area contributed by atoms with E-state index < -0.39 is 53.4 Å². The van der Waals surface area contributed by atoms with Crippen LogP contribution in [0.25, 0.3) is 0 Å². The zero-order valence-corrected chi connectivity index (χ0v) is 28.3. The molecular weight excluding hydrogens is 613 g/mol. The molecule has 2 aromatic rings. The molecule has 0 saturated carbocycles. The highest BCUT2D eigenvalue weighted by molar-refractivity contribution is 8.03. The van der Waals surface area contributed by atoms with Crippen molar-refractivity contribution in [2.75, 3.05) is 24.5 Å². The summed E-state index contributed by atoms with van der Waals surface area (Å²) in [6.07, 6.45) is 0.263. The number of nitrogens with one attached hydrogen (secondary N) is 3. The van der Waals surface area contributed by atoms with Crippen molar-refractivity contribution in [2.45, 2.75) is 70.8 Å². The van der Waals surface area contributed by atoms with E-state index in [2.05, 4.69) is 22.5 Å². The molecule has 1 fully saturated rings. The van der Waals surface area contributed by atoms with Crippen LogP contribution >= 0.6 is 23.5 Å². The molecule has 0 aliphatic carbocycles. The molecule has 0 radical (unpaired) electrons. The lowest BCUT2D eigenvalue weighted by atomic mass is 9.99. The summed E-state index contributed by atoms with van der Waals surface area (Å²) in [4.78, 5) is 55.1. The molecule has 1 heterocycles. The topological polar surface area (TPSA) is 137 Å². The predicted molar refractivity (Wildman–Crippen MR) is 180 cm³/mol. The molecule has 0 bridgehead atoms. The van der Waals surface area contributed by atoms with Crippen LogP contribution in [0.1, 0.15) is 37.5 Å². The molecule has 4 atom stereocenters. The third kappa shape index (κ3) is 10.3. The number of thioether (sulfide) groups is 2. The third-order valence-corrected chi connectivity index (χ3v) is 8.70. The lowest BCUT2D eigenvalue weighted by Crippen LogP contribution is -2.59. The lowest BCUT2D eigenvalue weighted by molar-refractivity contribution is -0.146. The average molecular weight is 657 g/mol. The maximum Gasteiger partial charge on any atom is 0.258 e. The number of ether oxygens (including phenoxy) is 1. The quantitative estimate of drug-likeness (QED) is 0.259. The summed E-state index contributed by atoms with van der Waals surface area (Å²) in [5.41, 5.74) is 2.02. The summed E-state index contributed by atoms with van der Waals surface area (Å²) in [7, 11) is 0. The van der Waals surface area contributed by atoms with E-state index in [0.29, 0.717) is 10.7 Å². The predicted octanol–water partition coefficient (Wildman–Crippen LogP) is 2.95. The number of amides is 4. The molecule has 1 aliphatic rings. The van der Waals surface area contributed by atoms with Crippen LogP contribution in [0.4, 0.5) is 0 Å². The Balaban J connectivity index is 1.77. The number of aliphatic hydroxyl groups excluding tert-OH is 1. The van der Waals surface area contributed by atoms with Crippen molar-refractivity contribution in [1.29, 1.82) is 0 Å². The number of hydrogen-bond acceptors (Lipinski definition) is 8. The molecule has 1 aliphatic heterocycles. The van der Waals surface area contributed by atoms with Crippen molar-refractivity contribution in [1.82, 2.24) is 20.9 Å². The number of benzene rings is 2. The van der Waals surface area contributed by atoms with Crippen LogP contribution in [0.5, 0.6) is 5.75 Å². The highest BCUT2D eigenvalue weighted by atomic mass is 32.2. The van der Waals surface area contributed by atoms with Gasteiger partial charge in [0, 0.05) is 16.2 Å². The number of hydrogen-bond donors (Lipinski definition) is 4. The number of nitrogens with zero attached hydrogens (tertiary/aromatic N) is 1. The average Bonchev–Trinajstić information content (AvgIpc) is 3.36. The molecule has 0 spiro atoms. The molecule has 4 amide bonds. The van der Waals surface area contributed by atoms with E-state index >= 15 is 0 Å². The van der Waals surface area contributed by atoms with Crippen LogP contribution in [-0.2, 0) is 25.6 Å². The van der Waals surface area contributed by atoms with Crippen molar-refractivity contribution < 1.29 is 29.0 Å². The number of para-hydroxylation sites is 1. The Morgan fingerprint density at radius 1 is 1.07 bits per heavy atom. The van der Waals surface area contributed by atoms with Gasteiger partial charge in [-0.1, -0.05) is 55.1 Å². The maximum absolute atomic E-state index is 13.7. The molecule has 3 rings (SSSR count). The molecule has 2 aromatic carbocycles. The summed E-state index contributed by atoms with van der Waals surface area (Å²) >= 11 is 2.62. The third-order valence-electron chi connectivity index (χ3n) is 7.04. The van der Waals surface area contributed by atoms with Gasteiger partial charge in [-0.15, -0.1) is 11.8 Å². The normalized spacial score (nSPS) is 16.8. The fourth-order valence-electron chi connectivity index (χ4n) is 4.88. The standard InChI is InChI=1S/C33H44N4O6S2/c1-20-12-11-13-21(2)29(20)43-17-26(38)34-25(18-44-7)30(40)35-24(16-23-14-9-8-10-15-23)28(39)32(42)37-19-45-22(3)27(37)31(41)36-33(4,5)6/h8-15,24-25,27-28,39H,3,16-19H2,1-2,4-7H3,(H,34,38)(H,35,40)(H,36,41)/t24-,25-,27-,28-/m0/s1. The number of aryl methyl sites for hydroxylation is 2. The molecule has 0 unspecified atom stereocenters. The van der Waals surface area contributed by atoms with Gasteiger partial charge in [-0.05, 0) is 64.0 Å². The van der Waals surface area contributed by atoms with E-state index in [1.165, 1.54) is 28.4 Å². The maximum atomic E-state index is 13.7. The first-order valence-electron chi connectivity index (χ1n) is 14.7. The van der Waals surface area contributed by atoms with Crippen LogP contribution in [0.15, 0.2) is 60.0 Å². The van der Waals surface area contributed by atoms with Crippen LogP contribution in [0, 0.1) is 13.8 Å². The first-order chi connectivity index (χ1) is 21.2. The largest absolute Gasteiger partial charge is 0.483 e. The number of rotatable bonds is 13. The van der Waals surface area contributed by atoms with E-state index in [0.717, 1.165) is 16.7 Å². The van der Waals surface area contributed by atoms with E-state index in [4.69, 9.17) is 4.74 Å². The molecule has 45 heavy (non-hydrogen) atoms. The van der Waals surface area contributed by atoms with Gasteiger partial charge in [0.05, 0.1) is 11.9 Å². The fraction of sp³-hybridized carbons (Fsp3) is 0.455. The number of carbonyl (C=O) groups is 4. The Kier molecular flexibility index (Phi) is 13.0. The number of aliphatic hydroxyl groups is 1. The minimum atomic E-state index is -1.68. The first kappa shape index (κ1) is 36.0. The van der Waals surface area contributed by atoms with Crippen LogP contribution < -0.4 is 20.7 Å². The van der Waals surface area contributed by atoms with Gasteiger partial charge in [-0.2, -0.15) is 11.8 Å². The first-order valence-corrected chi connectivity index (χ1v) is 17.0. The summed E-state index contributed by atoms with van der Waals surface area (Å²) in [5, 5.41) is 19.9. The van der Waals surface area contributed by atoms with Crippen LogP contribution in [0.2, 0.25) is 0 Å². The van der Waals surface area contributed by atoms with Gasteiger partial charge < -0.3 is 30.7 Å². The second-order valence-electron chi connectivity index (χ2n) is 12.0. The van der Waals surface area contributed by atoms with Gasteiger partial charge in [-0.25, -0.2) is 0 Å². The van der Waals surface area contributed by atoms with E-state index in [1.54, 1.807) is 6.26 Å². The van der Waals surface area contributed by atoms with Crippen LogP contribution in [-0.4, -0.2) is 87.9 Å². The van der Waals surface area contributed by atoms with Gasteiger partial charge in [0.1, 0.15) is 17.8 Å². The van der Waals surface area contributed by atoms with Gasteiger partial charge in [-0.3, -0.25) is 19.2 Å². The van der Waals surface area contributed by atoms with E-state index in [1.807, 2.05) is 83.1 Å². The van der Waals surface area contributed by atoms with Crippen molar-refractivity contribution in [3.8, 4) is 5.75 Å². The van der Waals surface area contributed by atoms with Gasteiger partial charge in [0.25, 0.3) is 11.8 Å². The molecule has 12 heteroatoms. The zero-order chi connectivity index (χ0) is 33.3. The van der Waals surface area contributed by atoms with Crippen molar-refractivity contribution in [3.05, 3.63) is 76.7 Å². The zero-order valence-electron chi connectivity index (χ0n) is 26.7. The van der Waals surface area contributed by atoms with Gasteiger partial charge in [0.2, 0.25) is 11.8 Å². The molecule has 0 aromatic heterocycles. The summed E-state index contributed by atoms with van der Waals surface area (Å²) < 4.78 is 5.76. The molecule has 10 nitrogen and oxygen atoms in total. The Hall–Kier alpha value is -3.48.